The molecular weight excluding hydrogens is 826 g/mol. The summed E-state index contributed by atoms with van der Waals surface area (Å²) in [6.07, 6.45) is 1.60. The van der Waals surface area contributed by atoms with E-state index in [-0.39, 0.29) is 68.2 Å². The van der Waals surface area contributed by atoms with Gasteiger partial charge >= 0.3 is 0 Å². The molecule has 0 saturated carbocycles. The number of carbonyl (C=O) groups is 2. The lowest BCUT2D eigenvalue weighted by Gasteiger charge is -2.13. The van der Waals surface area contributed by atoms with E-state index in [4.69, 9.17) is 26.1 Å². The number of nitrogens with one attached hydrogen (secondary N) is 4. The van der Waals surface area contributed by atoms with Gasteiger partial charge in [0, 0.05) is 51.3 Å². The van der Waals surface area contributed by atoms with Crippen molar-refractivity contribution in [1.29, 1.82) is 5.26 Å². The van der Waals surface area contributed by atoms with Gasteiger partial charge in [0.15, 0.2) is 5.82 Å². The molecule has 3 aromatic carbocycles. The Labute approximate surface area is 355 Å². The van der Waals surface area contributed by atoms with Crippen molar-refractivity contribution in [2.75, 3.05) is 44.2 Å². The predicted molar refractivity (Wildman–Crippen MR) is 230 cm³/mol. The molecular formula is C42H42ClN9O6S2. The van der Waals surface area contributed by atoms with Crippen molar-refractivity contribution >= 4 is 67.1 Å². The normalized spacial score (nSPS) is 13.5. The van der Waals surface area contributed by atoms with Gasteiger partial charge in [-0.2, -0.15) is 5.26 Å². The molecule has 1 aliphatic heterocycles. The fraction of sp³-hybridized carbons (Fsp3) is 0.286. The number of hydrogen-bond acceptors (Lipinski definition) is 11. The van der Waals surface area contributed by atoms with Gasteiger partial charge < -0.3 is 25.1 Å². The molecule has 18 heteroatoms. The lowest BCUT2D eigenvalue weighted by Crippen LogP contribution is -2.29. The Morgan fingerprint density at radius 2 is 1.63 bits per heavy atom. The van der Waals surface area contributed by atoms with E-state index in [0.29, 0.717) is 38.8 Å². The third-order valence-electron chi connectivity index (χ3n) is 10.0. The molecule has 3 aromatic heterocycles. The molecule has 7 rings (SSSR count). The number of sulfonamides is 1. The Hall–Kier alpha value is -5.90. The monoisotopic (exact) mass is 867 g/mol. The van der Waals surface area contributed by atoms with Gasteiger partial charge in [-0.3, -0.25) is 23.9 Å². The van der Waals surface area contributed by atoms with Gasteiger partial charge in [-0.1, -0.05) is 29.8 Å². The maximum absolute atomic E-state index is 13.2. The second kappa shape index (κ2) is 18.2. The van der Waals surface area contributed by atoms with Crippen LogP contribution in [-0.4, -0.2) is 85.2 Å². The standard InChI is InChI=1S/C42H42ClN9O6S2/c1-24-5-14-33(39-36(24)30(22-44)23-47-39)51-60(55,56)32-12-8-29(9-13-32)41(54)46-16-18-58-20-19-57-17-15-45-35(53)21-34-40-50-49-27(4)52(40)42-37(25(2)26(3)59-42)38(48-34)28-6-10-31(43)11-7-28/h5-14,23,34,47,51H,15-21H2,1-4H3,(H,45,53)(H,46,54)/t34-/m0/s1. The molecule has 1 aliphatic rings. The summed E-state index contributed by atoms with van der Waals surface area (Å²) in [7, 11) is -3.98. The van der Waals surface area contributed by atoms with Crippen molar-refractivity contribution in [2.24, 2.45) is 4.99 Å². The highest BCUT2D eigenvalue weighted by Crippen LogP contribution is 2.39. The molecule has 310 valence electrons. The predicted octanol–water partition coefficient (Wildman–Crippen LogP) is 6.23. The van der Waals surface area contributed by atoms with E-state index in [9.17, 15) is 23.3 Å². The van der Waals surface area contributed by atoms with Gasteiger partial charge in [0.05, 0.1) is 60.2 Å². The van der Waals surface area contributed by atoms with Crippen LogP contribution >= 0.6 is 22.9 Å². The summed E-state index contributed by atoms with van der Waals surface area (Å²) in [5.41, 5.74) is 6.15. The van der Waals surface area contributed by atoms with Crippen LogP contribution in [0.4, 0.5) is 5.69 Å². The van der Waals surface area contributed by atoms with Gasteiger partial charge in [-0.15, -0.1) is 21.5 Å². The van der Waals surface area contributed by atoms with Crippen molar-refractivity contribution in [2.45, 2.75) is 45.1 Å². The van der Waals surface area contributed by atoms with Crippen molar-refractivity contribution in [3.63, 3.8) is 0 Å². The number of aryl methyl sites for hydroxylation is 3. The first kappa shape index (κ1) is 42.2. The summed E-state index contributed by atoms with van der Waals surface area (Å²) in [5.74, 6) is 0.731. The molecule has 15 nitrogen and oxygen atoms in total. The number of anilines is 1. The van der Waals surface area contributed by atoms with Crippen molar-refractivity contribution in [1.82, 2.24) is 30.4 Å². The quantitative estimate of drug-likeness (QED) is 0.0813. The average molecular weight is 868 g/mol. The summed E-state index contributed by atoms with van der Waals surface area (Å²) in [5, 5.41) is 26.1. The van der Waals surface area contributed by atoms with Gasteiger partial charge in [0.25, 0.3) is 15.9 Å². The number of thiophene rings is 1. The van der Waals surface area contributed by atoms with Gasteiger partial charge in [-0.05, 0) is 81.3 Å². The van der Waals surface area contributed by atoms with E-state index in [2.05, 4.69) is 50.5 Å². The number of aromatic amines is 1. The number of nitrogens with zero attached hydrogens (tertiary/aromatic N) is 5. The number of nitriles is 1. The lowest BCUT2D eigenvalue weighted by atomic mass is 9.99. The zero-order chi connectivity index (χ0) is 42.6. The van der Waals surface area contributed by atoms with Gasteiger partial charge in [0.2, 0.25) is 5.91 Å². The van der Waals surface area contributed by atoms with E-state index in [0.717, 1.165) is 37.8 Å². The Balaban J connectivity index is 0.827. The van der Waals surface area contributed by atoms with Crippen molar-refractivity contribution < 1.29 is 27.5 Å². The number of rotatable bonds is 16. The number of fused-ring (bicyclic) bond motifs is 4. The minimum absolute atomic E-state index is 0.0246. The van der Waals surface area contributed by atoms with Gasteiger partial charge in [0.1, 0.15) is 22.9 Å². The fourth-order valence-electron chi connectivity index (χ4n) is 6.89. The number of carbonyl (C=O) groups excluding carboxylic acids is 2. The molecule has 0 radical (unpaired) electrons. The highest BCUT2D eigenvalue weighted by Gasteiger charge is 2.32. The topological polar surface area (TPSA) is 205 Å². The molecule has 60 heavy (non-hydrogen) atoms. The first-order valence-electron chi connectivity index (χ1n) is 19.1. The summed E-state index contributed by atoms with van der Waals surface area (Å²) in [6, 6.07) is 18.0. The molecule has 4 N–H and O–H groups in total. The van der Waals surface area contributed by atoms with Crippen LogP contribution in [-0.2, 0) is 24.3 Å². The summed E-state index contributed by atoms with van der Waals surface area (Å²) in [6.45, 7) is 9.47. The third-order valence-corrected chi connectivity index (χ3v) is 12.9. The van der Waals surface area contributed by atoms with E-state index in [1.807, 2.05) is 42.7 Å². The van der Waals surface area contributed by atoms with Crippen LogP contribution in [0.15, 0.2) is 76.7 Å². The molecule has 0 unspecified atom stereocenters. The Morgan fingerprint density at radius 1 is 0.933 bits per heavy atom. The average Bonchev–Trinajstić information content (AvgIpc) is 3.91. The molecule has 4 heterocycles. The first-order chi connectivity index (χ1) is 28.9. The lowest BCUT2D eigenvalue weighted by molar-refractivity contribution is -0.121. The largest absolute Gasteiger partial charge is 0.377 e. The van der Waals surface area contributed by atoms with Crippen LogP contribution in [0, 0.1) is 39.0 Å². The number of hydrogen-bond donors (Lipinski definition) is 4. The maximum atomic E-state index is 13.2. The Kier molecular flexibility index (Phi) is 12.8. The van der Waals surface area contributed by atoms with E-state index in [1.54, 1.807) is 23.5 Å². The van der Waals surface area contributed by atoms with Crippen LogP contribution in [0.3, 0.4) is 0 Å². The minimum atomic E-state index is -3.98. The van der Waals surface area contributed by atoms with Crippen LogP contribution in [0.5, 0.6) is 0 Å². The van der Waals surface area contributed by atoms with E-state index < -0.39 is 16.1 Å². The van der Waals surface area contributed by atoms with Crippen molar-refractivity contribution in [3.8, 4) is 11.1 Å². The third kappa shape index (κ3) is 8.98. The molecule has 6 aromatic rings. The van der Waals surface area contributed by atoms with E-state index >= 15 is 0 Å². The highest BCUT2D eigenvalue weighted by molar-refractivity contribution is 7.92. The Bertz CT molecular complexity index is 2750. The number of aromatic nitrogens is 4. The molecule has 0 aliphatic carbocycles. The van der Waals surface area contributed by atoms with Crippen LogP contribution < -0.4 is 15.4 Å². The highest BCUT2D eigenvalue weighted by atomic mass is 35.5. The first-order valence-corrected chi connectivity index (χ1v) is 21.7. The molecule has 0 spiro atoms. The second-order valence-corrected chi connectivity index (χ2v) is 17.4. The van der Waals surface area contributed by atoms with Gasteiger partial charge in [-0.25, -0.2) is 8.42 Å². The van der Waals surface area contributed by atoms with Crippen molar-refractivity contribution in [3.05, 3.63) is 122 Å². The molecule has 2 amide bonds. The summed E-state index contributed by atoms with van der Waals surface area (Å²) >= 11 is 7.86. The van der Waals surface area contributed by atoms with Crippen LogP contribution in [0.2, 0.25) is 5.02 Å². The zero-order valence-electron chi connectivity index (χ0n) is 33.3. The summed E-state index contributed by atoms with van der Waals surface area (Å²) < 4.78 is 42.1. The molecule has 0 bridgehead atoms. The molecule has 0 fully saturated rings. The van der Waals surface area contributed by atoms with Crippen LogP contribution in [0.25, 0.3) is 15.9 Å². The second-order valence-electron chi connectivity index (χ2n) is 14.1. The number of ether oxygens (including phenoxy) is 2. The smallest absolute Gasteiger partial charge is 0.261 e. The zero-order valence-corrected chi connectivity index (χ0v) is 35.6. The fourth-order valence-corrected chi connectivity index (χ4v) is 9.30. The molecule has 1 atom stereocenters. The summed E-state index contributed by atoms with van der Waals surface area (Å²) in [4.78, 5) is 35.1. The van der Waals surface area contributed by atoms with E-state index in [1.165, 1.54) is 30.5 Å². The Morgan fingerprint density at radius 3 is 2.33 bits per heavy atom. The number of H-pyrrole nitrogens is 1. The number of benzene rings is 3. The van der Waals surface area contributed by atoms with Crippen LogP contribution in [0.1, 0.15) is 67.2 Å². The number of aliphatic imine (C=N–C) groups is 1. The maximum Gasteiger partial charge on any atom is 0.261 e. The molecule has 0 saturated heterocycles. The minimum Gasteiger partial charge on any atom is -0.377 e. The number of amides is 2. The SMILES string of the molecule is Cc1sc2c(c1C)C(c1ccc(Cl)cc1)=N[C@@H](CC(=O)NCCOCCOCCNC(=O)c1ccc(S(=O)(=O)Nc3ccc(C)c4c(C#N)c[nH]c34)cc1)c1nnc(C)n1-2. The number of halogens is 1.